The van der Waals surface area contributed by atoms with E-state index in [1.807, 2.05) is 38.1 Å². The molecule has 3 rings (SSSR count). The summed E-state index contributed by atoms with van der Waals surface area (Å²) >= 11 is 7.60. The Morgan fingerprint density at radius 3 is 2.88 bits per heavy atom. The van der Waals surface area contributed by atoms with Gasteiger partial charge in [-0.3, -0.25) is 4.79 Å². The number of aryl methyl sites for hydroxylation is 2. The highest BCUT2D eigenvalue weighted by Gasteiger charge is 2.17. The topological polar surface area (TPSA) is 66.9 Å². The molecule has 130 valence electrons. The second-order valence-corrected chi connectivity index (χ2v) is 7.54. The van der Waals surface area contributed by atoms with E-state index in [4.69, 9.17) is 11.6 Å². The smallest absolute Gasteiger partial charge is 0.242 e. The van der Waals surface area contributed by atoms with Crippen LogP contribution < -0.4 is 10.6 Å². The van der Waals surface area contributed by atoms with Crippen molar-refractivity contribution in [3.05, 3.63) is 51.6 Å². The summed E-state index contributed by atoms with van der Waals surface area (Å²) in [6.45, 7) is 6.36. The second kappa shape index (κ2) is 7.37. The first-order valence-corrected chi connectivity index (χ1v) is 9.14. The molecule has 0 aliphatic heterocycles. The lowest BCUT2D eigenvalue weighted by molar-refractivity contribution is -0.121. The molecule has 0 spiro atoms. The van der Waals surface area contributed by atoms with Gasteiger partial charge in [-0.15, -0.1) is 11.3 Å². The van der Waals surface area contributed by atoms with E-state index in [1.165, 1.54) is 11.2 Å². The van der Waals surface area contributed by atoms with Crippen LogP contribution in [0.5, 0.6) is 0 Å². The lowest BCUT2D eigenvalue weighted by Gasteiger charge is -2.15. The molecule has 0 radical (unpaired) electrons. The third-order valence-electron chi connectivity index (χ3n) is 4.07. The van der Waals surface area contributed by atoms with Crippen LogP contribution in [0.25, 0.3) is 10.2 Å². The maximum absolute atomic E-state index is 12.4. The summed E-state index contributed by atoms with van der Waals surface area (Å²) < 4.78 is 0. The molecule has 0 saturated carbocycles. The number of amides is 1. The molecule has 0 aliphatic rings. The molecule has 2 N–H and O–H groups in total. The van der Waals surface area contributed by atoms with Gasteiger partial charge in [-0.2, -0.15) is 0 Å². The standard InChI is InChI=1S/C18H19ClN4OS/c1-10-12(3)25-18-15(10)16(21-9-22-18)23-11(2)17(24)20-8-13-5-4-6-14(19)7-13/h4-7,9,11H,8H2,1-3H3,(H,20,24)(H,21,22,23)/t11-/m0/s1. The summed E-state index contributed by atoms with van der Waals surface area (Å²) in [6.07, 6.45) is 1.52. The van der Waals surface area contributed by atoms with E-state index in [0.29, 0.717) is 17.4 Å². The first-order chi connectivity index (χ1) is 12.0. The number of nitrogens with one attached hydrogen (secondary N) is 2. The summed E-state index contributed by atoms with van der Waals surface area (Å²) in [5, 5.41) is 7.76. The van der Waals surface area contributed by atoms with Gasteiger partial charge in [0.05, 0.1) is 5.39 Å². The number of carbonyl (C=O) groups excluding carboxylic acids is 1. The summed E-state index contributed by atoms with van der Waals surface area (Å²) in [4.78, 5) is 23.2. The molecule has 1 amide bonds. The van der Waals surface area contributed by atoms with Gasteiger partial charge in [-0.25, -0.2) is 9.97 Å². The maximum atomic E-state index is 12.4. The first-order valence-electron chi connectivity index (χ1n) is 7.95. The van der Waals surface area contributed by atoms with Crippen molar-refractivity contribution in [2.45, 2.75) is 33.4 Å². The molecule has 0 aliphatic carbocycles. The van der Waals surface area contributed by atoms with E-state index in [9.17, 15) is 4.79 Å². The average molecular weight is 375 g/mol. The summed E-state index contributed by atoms with van der Waals surface area (Å²) in [5.41, 5.74) is 2.11. The number of benzene rings is 1. The molecule has 0 bridgehead atoms. The Hall–Kier alpha value is -2.18. The predicted octanol–water partition coefficient (Wildman–Crippen LogP) is 4.08. The Bertz CT molecular complexity index is 925. The van der Waals surface area contributed by atoms with Gasteiger partial charge in [0.2, 0.25) is 5.91 Å². The van der Waals surface area contributed by atoms with Gasteiger partial charge < -0.3 is 10.6 Å². The molecule has 7 heteroatoms. The van der Waals surface area contributed by atoms with Crippen LogP contribution in [0.2, 0.25) is 5.02 Å². The van der Waals surface area contributed by atoms with E-state index in [1.54, 1.807) is 11.3 Å². The minimum Gasteiger partial charge on any atom is -0.358 e. The van der Waals surface area contributed by atoms with Crippen LogP contribution in [0.3, 0.4) is 0 Å². The number of carbonyl (C=O) groups is 1. The third-order valence-corrected chi connectivity index (χ3v) is 5.42. The van der Waals surface area contributed by atoms with Gasteiger partial charge >= 0.3 is 0 Å². The fourth-order valence-corrected chi connectivity index (χ4v) is 3.76. The quantitative estimate of drug-likeness (QED) is 0.706. The summed E-state index contributed by atoms with van der Waals surface area (Å²) in [6, 6.07) is 7.02. The van der Waals surface area contributed by atoms with Crippen LogP contribution in [0.15, 0.2) is 30.6 Å². The minimum atomic E-state index is -0.420. The van der Waals surface area contributed by atoms with Gasteiger partial charge in [-0.1, -0.05) is 23.7 Å². The van der Waals surface area contributed by atoms with Crippen LogP contribution in [-0.2, 0) is 11.3 Å². The second-order valence-electron chi connectivity index (χ2n) is 5.90. The van der Waals surface area contributed by atoms with Gasteiger partial charge in [0.25, 0.3) is 0 Å². The number of anilines is 1. The van der Waals surface area contributed by atoms with E-state index in [-0.39, 0.29) is 5.91 Å². The zero-order valence-corrected chi connectivity index (χ0v) is 15.8. The van der Waals surface area contributed by atoms with Crippen molar-refractivity contribution in [2.75, 3.05) is 5.32 Å². The lowest BCUT2D eigenvalue weighted by Crippen LogP contribution is -2.37. The van der Waals surface area contributed by atoms with Crippen molar-refractivity contribution >= 4 is 44.9 Å². The Kier molecular flexibility index (Phi) is 5.20. The average Bonchev–Trinajstić information content (AvgIpc) is 2.88. The number of hydrogen-bond donors (Lipinski definition) is 2. The Balaban J connectivity index is 1.69. The number of rotatable bonds is 5. The monoisotopic (exact) mass is 374 g/mol. The maximum Gasteiger partial charge on any atom is 0.242 e. The zero-order chi connectivity index (χ0) is 18.0. The fraction of sp³-hybridized carbons (Fsp3) is 0.278. The lowest BCUT2D eigenvalue weighted by atomic mass is 10.2. The highest BCUT2D eigenvalue weighted by Crippen LogP contribution is 2.32. The van der Waals surface area contributed by atoms with Crippen molar-refractivity contribution in [3.63, 3.8) is 0 Å². The molecule has 5 nitrogen and oxygen atoms in total. The number of fused-ring (bicyclic) bond motifs is 1. The first kappa shape index (κ1) is 17.6. The van der Waals surface area contributed by atoms with E-state index >= 15 is 0 Å². The highest BCUT2D eigenvalue weighted by atomic mass is 35.5. The molecule has 2 aromatic heterocycles. The Morgan fingerprint density at radius 1 is 1.32 bits per heavy atom. The molecular formula is C18H19ClN4OS. The Morgan fingerprint density at radius 2 is 2.12 bits per heavy atom. The molecule has 2 heterocycles. The van der Waals surface area contributed by atoms with Gasteiger partial charge in [0.1, 0.15) is 23.0 Å². The normalized spacial score (nSPS) is 12.2. The largest absolute Gasteiger partial charge is 0.358 e. The van der Waals surface area contributed by atoms with Crippen LogP contribution in [0.4, 0.5) is 5.82 Å². The summed E-state index contributed by atoms with van der Waals surface area (Å²) in [5.74, 6) is 0.591. The van der Waals surface area contributed by atoms with Crippen molar-refractivity contribution < 1.29 is 4.79 Å². The number of aromatic nitrogens is 2. The molecule has 0 fully saturated rings. The van der Waals surface area contributed by atoms with Crippen LogP contribution in [0, 0.1) is 13.8 Å². The van der Waals surface area contributed by atoms with Crippen LogP contribution >= 0.6 is 22.9 Å². The van der Waals surface area contributed by atoms with Crippen molar-refractivity contribution in [2.24, 2.45) is 0 Å². The number of halogens is 1. The molecule has 0 unspecified atom stereocenters. The molecule has 3 aromatic rings. The van der Waals surface area contributed by atoms with Crippen molar-refractivity contribution in [3.8, 4) is 0 Å². The van der Waals surface area contributed by atoms with Gasteiger partial charge in [0, 0.05) is 16.4 Å². The van der Waals surface area contributed by atoms with Crippen molar-refractivity contribution in [1.29, 1.82) is 0 Å². The third kappa shape index (κ3) is 3.91. The molecule has 0 saturated heterocycles. The zero-order valence-electron chi connectivity index (χ0n) is 14.3. The fourth-order valence-electron chi connectivity index (χ4n) is 2.55. The van der Waals surface area contributed by atoms with Crippen LogP contribution in [0.1, 0.15) is 22.9 Å². The highest BCUT2D eigenvalue weighted by molar-refractivity contribution is 7.18. The summed E-state index contributed by atoms with van der Waals surface area (Å²) in [7, 11) is 0. The Labute approximate surface area is 155 Å². The SMILES string of the molecule is Cc1sc2ncnc(N[C@@H](C)C(=O)NCc3cccc(Cl)c3)c2c1C. The van der Waals surface area contributed by atoms with E-state index < -0.39 is 6.04 Å². The number of thiophene rings is 1. The van der Waals surface area contributed by atoms with Crippen molar-refractivity contribution in [1.82, 2.24) is 15.3 Å². The number of hydrogen-bond acceptors (Lipinski definition) is 5. The van der Waals surface area contributed by atoms with E-state index in [2.05, 4.69) is 27.5 Å². The minimum absolute atomic E-state index is 0.101. The predicted molar refractivity (Wildman–Crippen MR) is 103 cm³/mol. The van der Waals surface area contributed by atoms with Crippen LogP contribution in [-0.4, -0.2) is 21.9 Å². The number of nitrogens with zero attached hydrogens (tertiary/aromatic N) is 2. The van der Waals surface area contributed by atoms with Gasteiger partial charge in [0.15, 0.2) is 0 Å². The van der Waals surface area contributed by atoms with Gasteiger partial charge in [-0.05, 0) is 44.0 Å². The molecule has 1 atom stereocenters. The molecular weight excluding hydrogens is 356 g/mol. The molecule has 25 heavy (non-hydrogen) atoms. The van der Waals surface area contributed by atoms with E-state index in [0.717, 1.165) is 21.3 Å². The molecule has 1 aromatic carbocycles.